The van der Waals surface area contributed by atoms with Crippen LogP contribution in [0.1, 0.15) is 10.4 Å². The largest absolute Gasteiger partial charge is 0.317 e. The Morgan fingerprint density at radius 1 is 1.00 bits per heavy atom. The lowest BCUT2D eigenvalue weighted by atomic mass is 10.2. The van der Waals surface area contributed by atoms with Crippen LogP contribution in [0.15, 0.2) is 40.9 Å². The molecule has 0 bridgehead atoms. The molecular formula is C13H7BrF3NO. The highest BCUT2D eigenvalue weighted by atomic mass is 79.9. The summed E-state index contributed by atoms with van der Waals surface area (Å²) in [4.78, 5) is 11.7. The van der Waals surface area contributed by atoms with Crippen molar-refractivity contribution in [1.29, 1.82) is 0 Å². The van der Waals surface area contributed by atoms with E-state index in [0.717, 1.165) is 18.2 Å². The minimum Gasteiger partial charge on any atom is -0.317 e. The molecule has 6 heteroatoms. The Hall–Kier alpha value is -1.82. The second-order valence-corrected chi connectivity index (χ2v) is 4.59. The van der Waals surface area contributed by atoms with Crippen molar-refractivity contribution < 1.29 is 18.0 Å². The number of carbonyl (C=O) groups excluding carboxylic acids is 1. The average Bonchev–Trinajstić information content (AvgIpc) is 2.34. The quantitative estimate of drug-likeness (QED) is 0.882. The van der Waals surface area contributed by atoms with E-state index in [4.69, 9.17) is 0 Å². The summed E-state index contributed by atoms with van der Waals surface area (Å²) >= 11 is 2.92. The lowest BCUT2D eigenvalue weighted by Gasteiger charge is -2.08. The van der Waals surface area contributed by atoms with E-state index in [2.05, 4.69) is 15.9 Å². The Bertz CT molecular complexity index is 623. The molecule has 0 aliphatic heterocycles. The van der Waals surface area contributed by atoms with Gasteiger partial charge in [0.05, 0.1) is 5.56 Å². The number of amides is 1. The molecule has 2 rings (SSSR count). The second kappa shape index (κ2) is 5.44. The van der Waals surface area contributed by atoms with Crippen LogP contribution in [-0.2, 0) is 0 Å². The summed E-state index contributed by atoms with van der Waals surface area (Å²) in [6.07, 6.45) is 0. The summed E-state index contributed by atoms with van der Waals surface area (Å²) in [5.41, 5.74) is -0.902. The SMILES string of the molecule is O=C(Nc1c(F)cc(Br)cc1F)c1ccccc1F. The van der Waals surface area contributed by atoms with Crippen molar-refractivity contribution in [2.24, 2.45) is 0 Å². The van der Waals surface area contributed by atoms with Gasteiger partial charge in [-0.2, -0.15) is 0 Å². The molecule has 0 heterocycles. The Kier molecular flexibility index (Phi) is 3.90. The second-order valence-electron chi connectivity index (χ2n) is 3.68. The standard InChI is InChI=1S/C13H7BrF3NO/c14-7-5-10(16)12(11(17)6-7)18-13(19)8-3-1-2-4-9(8)15/h1-6H,(H,18,19). The number of hydrogen-bond acceptors (Lipinski definition) is 1. The fraction of sp³-hybridized carbons (Fsp3) is 0. The number of anilines is 1. The van der Waals surface area contributed by atoms with Gasteiger partial charge in [-0.25, -0.2) is 13.2 Å². The molecule has 1 N–H and O–H groups in total. The van der Waals surface area contributed by atoms with Gasteiger partial charge < -0.3 is 5.32 Å². The van der Waals surface area contributed by atoms with Gasteiger partial charge in [0, 0.05) is 4.47 Å². The number of halogens is 4. The van der Waals surface area contributed by atoms with Gasteiger partial charge in [-0.05, 0) is 24.3 Å². The molecule has 0 saturated heterocycles. The number of nitrogens with one attached hydrogen (secondary N) is 1. The van der Waals surface area contributed by atoms with Gasteiger partial charge in [-0.1, -0.05) is 28.1 Å². The van der Waals surface area contributed by atoms with Crippen LogP contribution >= 0.6 is 15.9 Å². The highest BCUT2D eigenvalue weighted by molar-refractivity contribution is 9.10. The number of hydrogen-bond donors (Lipinski definition) is 1. The van der Waals surface area contributed by atoms with Crippen LogP contribution < -0.4 is 5.32 Å². The van der Waals surface area contributed by atoms with Gasteiger partial charge in [0.25, 0.3) is 5.91 Å². The molecule has 0 unspecified atom stereocenters. The summed E-state index contributed by atoms with van der Waals surface area (Å²) in [6.45, 7) is 0. The maximum atomic E-state index is 13.5. The van der Waals surface area contributed by atoms with Crippen LogP contribution in [0.4, 0.5) is 18.9 Å². The zero-order chi connectivity index (χ0) is 14.0. The molecule has 1 amide bonds. The third-order valence-corrected chi connectivity index (χ3v) is 2.82. The maximum absolute atomic E-state index is 13.5. The van der Waals surface area contributed by atoms with Crippen molar-refractivity contribution in [3.05, 3.63) is 63.9 Å². The third kappa shape index (κ3) is 2.96. The summed E-state index contributed by atoms with van der Waals surface area (Å²) in [5, 5.41) is 2.01. The summed E-state index contributed by atoms with van der Waals surface area (Å²) in [6, 6.07) is 7.17. The maximum Gasteiger partial charge on any atom is 0.258 e. The fourth-order valence-electron chi connectivity index (χ4n) is 1.49. The van der Waals surface area contributed by atoms with Crippen LogP contribution in [0, 0.1) is 17.5 Å². The van der Waals surface area contributed by atoms with Crippen molar-refractivity contribution >= 4 is 27.5 Å². The monoisotopic (exact) mass is 329 g/mol. The molecule has 0 aliphatic rings. The van der Waals surface area contributed by atoms with Crippen molar-refractivity contribution in [2.45, 2.75) is 0 Å². The van der Waals surface area contributed by atoms with Gasteiger partial charge in [0.15, 0.2) is 11.6 Å². The zero-order valence-corrected chi connectivity index (χ0v) is 11.0. The first-order chi connectivity index (χ1) is 8.99. The first-order valence-electron chi connectivity index (χ1n) is 5.19. The minimum atomic E-state index is -0.948. The molecule has 0 atom stereocenters. The molecule has 0 saturated carbocycles. The van der Waals surface area contributed by atoms with Crippen molar-refractivity contribution in [2.75, 3.05) is 5.32 Å². The van der Waals surface area contributed by atoms with Crippen LogP contribution in [-0.4, -0.2) is 5.91 Å². The van der Waals surface area contributed by atoms with Crippen LogP contribution in [0.25, 0.3) is 0 Å². The van der Waals surface area contributed by atoms with Gasteiger partial charge in [-0.3, -0.25) is 4.79 Å². The number of rotatable bonds is 2. The summed E-state index contributed by atoms with van der Waals surface area (Å²) < 4.78 is 40.6. The Morgan fingerprint density at radius 2 is 1.58 bits per heavy atom. The lowest BCUT2D eigenvalue weighted by Crippen LogP contribution is -2.15. The zero-order valence-electron chi connectivity index (χ0n) is 9.38. The minimum absolute atomic E-state index is 0.200. The van der Waals surface area contributed by atoms with E-state index in [1.54, 1.807) is 0 Å². The summed E-state index contributed by atoms with van der Waals surface area (Å²) in [5.74, 6) is -3.58. The van der Waals surface area contributed by atoms with E-state index in [1.807, 2.05) is 5.32 Å². The predicted octanol–water partition coefficient (Wildman–Crippen LogP) is 4.12. The molecule has 0 radical (unpaired) electrons. The van der Waals surface area contributed by atoms with Crippen molar-refractivity contribution in [3.63, 3.8) is 0 Å². The molecule has 2 aromatic carbocycles. The van der Waals surface area contributed by atoms with E-state index in [-0.39, 0.29) is 10.0 Å². The fourth-order valence-corrected chi connectivity index (χ4v) is 1.89. The highest BCUT2D eigenvalue weighted by Crippen LogP contribution is 2.24. The molecule has 0 spiro atoms. The summed E-state index contributed by atoms with van der Waals surface area (Å²) in [7, 11) is 0. The van der Waals surface area contributed by atoms with Crippen molar-refractivity contribution in [3.8, 4) is 0 Å². The Labute approximate surface area is 115 Å². The smallest absolute Gasteiger partial charge is 0.258 e. The topological polar surface area (TPSA) is 29.1 Å². The molecule has 0 fully saturated rings. The van der Waals surface area contributed by atoms with E-state index in [0.29, 0.717) is 0 Å². The van der Waals surface area contributed by atoms with E-state index in [1.165, 1.54) is 18.2 Å². The Balaban J connectivity index is 2.32. The normalized spacial score (nSPS) is 10.3. The predicted molar refractivity (Wildman–Crippen MR) is 68.4 cm³/mol. The molecule has 19 heavy (non-hydrogen) atoms. The van der Waals surface area contributed by atoms with Gasteiger partial charge in [-0.15, -0.1) is 0 Å². The lowest BCUT2D eigenvalue weighted by molar-refractivity contribution is 0.102. The number of benzene rings is 2. The van der Waals surface area contributed by atoms with Crippen LogP contribution in [0.2, 0.25) is 0 Å². The molecular weight excluding hydrogens is 323 g/mol. The third-order valence-electron chi connectivity index (χ3n) is 2.36. The van der Waals surface area contributed by atoms with Crippen molar-refractivity contribution in [1.82, 2.24) is 0 Å². The molecule has 2 aromatic rings. The van der Waals surface area contributed by atoms with Gasteiger partial charge >= 0.3 is 0 Å². The van der Waals surface area contributed by atoms with Crippen LogP contribution in [0.5, 0.6) is 0 Å². The van der Waals surface area contributed by atoms with E-state index >= 15 is 0 Å². The van der Waals surface area contributed by atoms with Gasteiger partial charge in [0.1, 0.15) is 11.5 Å². The Morgan fingerprint density at radius 3 is 2.16 bits per heavy atom. The van der Waals surface area contributed by atoms with E-state index < -0.39 is 29.0 Å². The van der Waals surface area contributed by atoms with E-state index in [9.17, 15) is 18.0 Å². The highest BCUT2D eigenvalue weighted by Gasteiger charge is 2.16. The number of carbonyl (C=O) groups is 1. The molecule has 0 aliphatic carbocycles. The van der Waals surface area contributed by atoms with Crippen LogP contribution in [0.3, 0.4) is 0 Å². The molecule has 0 aromatic heterocycles. The van der Waals surface area contributed by atoms with Gasteiger partial charge in [0.2, 0.25) is 0 Å². The first-order valence-corrected chi connectivity index (χ1v) is 5.99. The molecule has 2 nitrogen and oxygen atoms in total. The average molecular weight is 330 g/mol. The first kappa shape index (κ1) is 13.6. The molecule has 98 valence electrons.